The van der Waals surface area contributed by atoms with Gasteiger partial charge in [-0.1, -0.05) is 5.92 Å². The number of ether oxygens (including phenoxy) is 4. The van der Waals surface area contributed by atoms with Gasteiger partial charge in [0.05, 0.1) is 12.1 Å². The van der Waals surface area contributed by atoms with Crippen molar-refractivity contribution < 1.29 is 49.6 Å². The van der Waals surface area contributed by atoms with E-state index in [9.17, 15) is 30.6 Å². The second-order valence-electron chi connectivity index (χ2n) is 9.06. The molecule has 12 N–H and O–H groups in total. The molecular formula is C21H35N3O10S. The van der Waals surface area contributed by atoms with Gasteiger partial charge >= 0.3 is 0 Å². The van der Waals surface area contributed by atoms with Crippen molar-refractivity contribution in [3.8, 4) is 12.3 Å². The second kappa shape index (κ2) is 11.6. The fourth-order valence-electron chi connectivity index (χ4n) is 4.48. The molecule has 0 radical (unpaired) electrons. The largest absolute Gasteiger partial charge is 0.389 e. The minimum atomic E-state index is -1.59. The number of aliphatic hydroxyl groups excluding tert-OH is 6. The molecule has 0 aromatic rings. The van der Waals surface area contributed by atoms with E-state index in [2.05, 4.69) is 5.87 Å². The summed E-state index contributed by atoms with van der Waals surface area (Å²) in [5.41, 5.74) is 18.2. The van der Waals surface area contributed by atoms with Gasteiger partial charge in [-0.15, -0.1) is 6.42 Å². The van der Waals surface area contributed by atoms with Crippen molar-refractivity contribution in [3.05, 3.63) is 0 Å². The average molecular weight is 522 g/mol. The number of hydrogen-bond acceptors (Lipinski definition) is 13. The first-order valence-electron chi connectivity index (χ1n) is 11.1. The van der Waals surface area contributed by atoms with Gasteiger partial charge < -0.3 is 66.8 Å². The van der Waals surface area contributed by atoms with Gasteiger partial charge in [0, 0.05) is 16.9 Å². The van der Waals surface area contributed by atoms with Crippen molar-refractivity contribution >= 4 is 21.7 Å². The van der Waals surface area contributed by atoms with E-state index in [4.69, 9.17) is 42.6 Å². The SMILES string of the molecule is C#C[C@@H](O)C1O[C@H](O[C@@H]2C(N)C[C@@H](N)C(O)C2O[C@@H]2O[C@H](C(C)=S=C)C(O)C2O)C(N)C(O)[C@H]1O. The Morgan fingerprint density at radius 3 is 2.17 bits per heavy atom. The summed E-state index contributed by atoms with van der Waals surface area (Å²) in [5.74, 6) is 5.67. The van der Waals surface area contributed by atoms with Gasteiger partial charge in [0.2, 0.25) is 0 Å². The van der Waals surface area contributed by atoms with Gasteiger partial charge in [-0.2, -0.15) is 10.9 Å². The number of nitrogens with two attached hydrogens (primary N) is 3. The van der Waals surface area contributed by atoms with Crippen LogP contribution in [0.3, 0.4) is 0 Å². The first-order chi connectivity index (χ1) is 16.4. The molecule has 3 rings (SSSR count). The fourth-order valence-corrected chi connectivity index (χ4v) is 4.84. The Bertz CT molecular complexity index is 841. The quantitative estimate of drug-likeness (QED) is 0.117. The average Bonchev–Trinajstić information content (AvgIpc) is 3.11. The van der Waals surface area contributed by atoms with Crippen LogP contribution in [0.1, 0.15) is 13.3 Å². The van der Waals surface area contributed by atoms with Crippen molar-refractivity contribution in [1.29, 1.82) is 0 Å². The molecule has 1 saturated carbocycles. The van der Waals surface area contributed by atoms with Crippen LogP contribution >= 0.6 is 10.9 Å². The van der Waals surface area contributed by atoms with Crippen molar-refractivity contribution in [2.24, 2.45) is 17.2 Å². The van der Waals surface area contributed by atoms with Crippen LogP contribution in [0.5, 0.6) is 0 Å². The molecule has 8 unspecified atom stereocenters. The first-order valence-corrected chi connectivity index (χ1v) is 12.1. The van der Waals surface area contributed by atoms with Gasteiger partial charge in [0.15, 0.2) is 12.6 Å². The second-order valence-corrected chi connectivity index (χ2v) is 9.99. The third-order valence-corrected chi connectivity index (χ3v) is 7.35. The van der Waals surface area contributed by atoms with E-state index in [1.807, 2.05) is 5.92 Å². The molecule has 3 aliphatic rings. The standard InChI is InChI=1S/C21H35N3O10S/c1-4-9(25)18-13(28)12(27)10(24)20(33-18)32-17-8(23)5-7(22)11(26)19(17)34-21-15(30)14(29)16(31-21)6(2)35-3/h1,7-21,25-30H,3,5,22-24H2,2H3/t7-,8?,9-,10?,11?,12?,13-,14?,15?,16-,17-,18?,19?,20+,21+/m1/s1. The van der Waals surface area contributed by atoms with Crippen LogP contribution in [-0.4, -0.2) is 133 Å². The highest BCUT2D eigenvalue weighted by Crippen LogP contribution is 2.32. The Morgan fingerprint density at radius 2 is 1.57 bits per heavy atom. The molecular weight excluding hydrogens is 486 g/mol. The Morgan fingerprint density at radius 1 is 0.943 bits per heavy atom. The molecule has 0 spiro atoms. The Balaban J connectivity index is 1.83. The summed E-state index contributed by atoms with van der Waals surface area (Å²) in [6.45, 7) is 1.68. The van der Waals surface area contributed by atoms with E-state index in [0.717, 1.165) is 10.9 Å². The highest BCUT2D eigenvalue weighted by Gasteiger charge is 2.53. The summed E-state index contributed by atoms with van der Waals surface area (Å²) in [6.07, 6.45) is -11.0. The molecule has 0 amide bonds. The molecule has 200 valence electrons. The van der Waals surface area contributed by atoms with E-state index in [0.29, 0.717) is 4.86 Å². The van der Waals surface area contributed by atoms with E-state index >= 15 is 0 Å². The van der Waals surface area contributed by atoms with Crippen LogP contribution in [0.4, 0.5) is 0 Å². The van der Waals surface area contributed by atoms with E-state index in [1.54, 1.807) is 6.92 Å². The van der Waals surface area contributed by atoms with Crippen molar-refractivity contribution in [2.45, 2.75) is 105 Å². The first kappa shape index (κ1) is 28.6. The van der Waals surface area contributed by atoms with Gasteiger partial charge in [0.1, 0.15) is 54.9 Å². The molecule has 14 heteroatoms. The smallest absolute Gasteiger partial charge is 0.187 e. The van der Waals surface area contributed by atoms with Gasteiger partial charge in [0.25, 0.3) is 0 Å². The van der Waals surface area contributed by atoms with Crippen LogP contribution in [0.15, 0.2) is 0 Å². The normalized spacial score (nSPS) is 49.3. The molecule has 35 heavy (non-hydrogen) atoms. The number of hydrogen-bond donors (Lipinski definition) is 9. The maximum absolute atomic E-state index is 10.8. The number of aliphatic hydroxyl groups is 6. The highest BCUT2D eigenvalue weighted by atomic mass is 32.1. The van der Waals surface area contributed by atoms with Crippen LogP contribution in [0.25, 0.3) is 0 Å². The number of terminal acetylenes is 1. The third-order valence-electron chi connectivity index (χ3n) is 6.66. The zero-order valence-corrected chi connectivity index (χ0v) is 19.9. The van der Waals surface area contributed by atoms with Crippen molar-refractivity contribution in [2.75, 3.05) is 0 Å². The summed E-state index contributed by atoms with van der Waals surface area (Å²) in [4.78, 5) is 0.597. The summed E-state index contributed by atoms with van der Waals surface area (Å²) in [6, 6.07) is -2.92. The Labute approximate surface area is 206 Å². The van der Waals surface area contributed by atoms with E-state index in [1.165, 1.54) is 0 Å². The lowest BCUT2D eigenvalue weighted by Crippen LogP contribution is -2.68. The van der Waals surface area contributed by atoms with Gasteiger partial charge in [-0.05, 0) is 19.2 Å². The number of rotatable bonds is 6. The van der Waals surface area contributed by atoms with Crippen LogP contribution in [-0.2, 0) is 18.9 Å². The fraction of sp³-hybridized carbons (Fsp3) is 0.810. The Kier molecular flexibility index (Phi) is 9.46. The molecule has 13 nitrogen and oxygen atoms in total. The molecule has 2 saturated heterocycles. The van der Waals surface area contributed by atoms with Crippen molar-refractivity contribution in [1.82, 2.24) is 0 Å². The molecule has 3 fully saturated rings. The summed E-state index contributed by atoms with van der Waals surface area (Å²) in [7, 11) is 1.10. The molecule has 0 aromatic carbocycles. The van der Waals surface area contributed by atoms with E-state index in [-0.39, 0.29) is 6.42 Å². The highest BCUT2D eigenvalue weighted by molar-refractivity contribution is 7.96. The van der Waals surface area contributed by atoms with Crippen LogP contribution < -0.4 is 17.2 Å². The zero-order chi connectivity index (χ0) is 26.2. The Hall–Kier alpha value is -1.00. The molecule has 2 heterocycles. The maximum atomic E-state index is 10.8. The van der Waals surface area contributed by atoms with Crippen molar-refractivity contribution in [3.63, 3.8) is 0 Å². The lowest BCUT2D eigenvalue weighted by molar-refractivity contribution is -0.313. The monoisotopic (exact) mass is 521 g/mol. The zero-order valence-electron chi connectivity index (χ0n) is 19.1. The predicted octanol–water partition coefficient (Wildman–Crippen LogP) is -5.25. The maximum Gasteiger partial charge on any atom is 0.187 e. The minimum absolute atomic E-state index is 0.111. The lowest BCUT2D eigenvalue weighted by atomic mass is 9.84. The summed E-state index contributed by atoms with van der Waals surface area (Å²) in [5, 5.41) is 62.2. The third kappa shape index (κ3) is 5.64. The molecule has 0 aromatic heterocycles. The van der Waals surface area contributed by atoms with Crippen LogP contribution in [0.2, 0.25) is 0 Å². The predicted molar refractivity (Wildman–Crippen MR) is 126 cm³/mol. The molecule has 1 aliphatic carbocycles. The van der Waals surface area contributed by atoms with Gasteiger partial charge in [-0.25, -0.2) is 0 Å². The van der Waals surface area contributed by atoms with Crippen LogP contribution in [0, 0.1) is 12.3 Å². The molecule has 0 bridgehead atoms. The summed E-state index contributed by atoms with van der Waals surface area (Å²) < 4.78 is 23.0. The van der Waals surface area contributed by atoms with Gasteiger partial charge in [-0.3, -0.25) is 0 Å². The lowest BCUT2D eigenvalue weighted by Gasteiger charge is -2.47. The van der Waals surface area contributed by atoms with E-state index < -0.39 is 91.7 Å². The molecule has 2 aliphatic heterocycles. The topological polar surface area (TPSA) is 236 Å². The summed E-state index contributed by atoms with van der Waals surface area (Å²) >= 11 is 0. The molecule has 15 atom stereocenters. The minimum Gasteiger partial charge on any atom is -0.389 e.